The number of benzene rings is 1. The number of aromatic nitrogens is 4. The largest absolute Gasteiger partial charge is 0.481 e. The summed E-state index contributed by atoms with van der Waals surface area (Å²) in [6.45, 7) is 6.45. The predicted molar refractivity (Wildman–Crippen MR) is 107 cm³/mol. The van der Waals surface area contributed by atoms with Gasteiger partial charge in [-0.3, -0.25) is 4.79 Å². The maximum atomic E-state index is 12.9. The molecular weight excluding hydrogens is 388 g/mol. The Bertz CT molecular complexity index is 1090. The molecule has 1 saturated heterocycles. The van der Waals surface area contributed by atoms with Gasteiger partial charge in [0, 0.05) is 32.2 Å². The third-order valence-corrected chi connectivity index (χ3v) is 5.32. The summed E-state index contributed by atoms with van der Waals surface area (Å²) >= 11 is 0. The highest BCUT2D eigenvalue weighted by molar-refractivity contribution is 5.81. The van der Waals surface area contributed by atoms with Crippen molar-refractivity contribution in [1.29, 1.82) is 0 Å². The van der Waals surface area contributed by atoms with E-state index in [0.29, 0.717) is 43.4 Å². The number of hydrogen-bond acceptors (Lipinski definition) is 8. The van der Waals surface area contributed by atoms with Crippen LogP contribution in [-0.2, 0) is 4.79 Å². The summed E-state index contributed by atoms with van der Waals surface area (Å²) in [6.07, 6.45) is -0.592. The molecule has 0 bridgehead atoms. The molecule has 0 aliphatic carbocycles. The predicted octanol–water partition coefficient (Wildman–Crippen LogP) is 1.28. The molecule has 0 unspecified atom stereocenters. The standard InChI is InChI=1S/C20H22N6O4/c1-13(30-15-3-4-16-17(11-15)29-12-28-16)20(27)25-9-7-24(8-10-25)19-6-5-18-22-21-14(2)26(18)23-19/h3-6,11,13H,7-10,12H2,1-2H3/t13-/m0/s1. The van der Waals surface area contributed by atoms with Gasteiger partial charge in [0.2, 0.25) is 6.79 Å². The van der Waals surface area contributed by atoms with Crippen molar-refractivity contribution in [2.24, 2.45) is 0 Å². The number of hydrogen-bond donors (Lipinski definition) is 0. The molecule has 1 aromatic carbocycles. The van der Waals surface area contributed by atoms with Crippen molar-refractivity contribution < 1.29 is 19.0 Å². The zero-order valence-corrected chi connectivity index (χ0v) is 16.8. The van der Waals surface area contributed by atoms with Crippen LogP contribution in [0.25, 0.3) is 5.65 Å². The number of amides is 1. The van der Waals surface area contributed by atoms with Crippen molar-refractivity contribution in [3.8, 4) is 17.2 Å². The molecule has 3 aromatic rings. The van der Waals surface area contributed by atoms with Crippen LogP contribution in [0.15, 0.2) is 30.3 Å². The van der Waals surface area contributed by atoms with E-state index in [1.165, 1.54) is 0 Å². The molecule has 2 aliphatic rings. The first-order valence-corrected chi connectivity index (χ1v) is 9.87. The van der Waals surface area contributed by atoms with Crippen molar-refractivity contribution in [3.63, 3.8) is 0 Å². The fourth-order valence-electron chi connectivity index (χ4n) is 3.67. The minimum absolute atomic E-state index is 0.0367. The Labute approximate surface area is 172 Å². The van der Waals surface area contributed by atoms with Crippen LogP contribution in [0.1, 0.15) is 12.7 Å². The second kappa shape index (κ2) is 7.36. The monoisotopic (exact) mass is 410 g/mol. The molecule has 2 aliphatic heterocycles. The summed E-state index contributed by atoms with van der Waals surface area (Å²) in [5, 5.41) is 12.7. The lowest BCUT2D eigenvalue weighted by Gasteiger charge is -2.36. The molecule has 2 aromatic heterocycles. The van der Waals surface area contributed by atoms with Crippen LogP contribution >= 0.6 is 0 Å². The van der Waals surface area contributed by atoms with Crippen LogP contribution < -0.4 is 19.1 Å². The molecule has 0 radical (unpaired) electrons. The van der Waals surface area contributed by atoms with Gasteiger partial charge in [-0.1, -0.05) is 0 Å². The van der Waals surface area contributed by atoms with Crippen LogP contribution in [0.5, 0.6) is 17.2 Å². The maximum absolute atomic E-state index is 12.9. The fraction of sp³-hybridized carbons (Fsp3) is 0.400. The van der Waals surface area contributed by atoms with E-state index in [1.54, 1.807) is 29.6 Å². The third kappa shape index (κ3) is 3.34. The van der Waals surface area contributed by atoms with Gasteiger partial charge in [-0.15, -0.1) is 15.3 Å². The van der Waals surface area contributed by atoms with Gasteiger partial charge in [0.1, 0.15) is 11.6 Å². The molecule has 10 heteroatoms. The number of piperazine rings is 1. The van der Waals surface area contributed by atoms with Gasteiger partial charge in [-0.2, -0.15) is 4.52 Å². The molecule has 4 heterocycles. The SMILES string of the molecule is Cc1nnc2ccc(N3CCN(C(=O)[C@H](C)Oc4ccc5c(c4)OCO5)CC3)nn12. The Hall–Kier alpha value is -3.56. The van der Waals surface area contributed by atoms with Gasteiger partial charge in [-0.25, -0.2) is 0 Å². The van der Waals surface area contributed by atoms with Gasteiger partial charge >= 0.3 is 0 Å². The lowest BCUT2D eigenvalue weighted by Crippen LogP contribution is -2.52. The molecule has 0 saturated carbocycles. The highest BCUT2D eigenvalue weighted by Gasteiger charge is 2.27. The number of fused-ring (bicyclic) bond motifs is 2. The van der Waals surface area contributed by atoms with Gasteiger partial charge in [0.15, 0.2) is 29.1 Å². The van der Waals surface area contributed by atoms with E-state index in [9.17, 15) is 4.79 Å². The average Bonchev–Trinajstić information content (AvgIpc) is 3.39. The number of nitrogens with zero attached hydrogens (tertiary/aromatic N) is 6. The maximum Gasteiger partial charge on any atom is 0.263 e. The average molecular weight is 410 g/mol. The van der Waals surface area contributed by atoms with Crippen molar-refractivity contribution in [2.75, 3.05) is 37.9 Å². The van der Waals surface area contributed by atoms with Crippen LogP contribution in [0.3, 0.4) is 0 Å². The van der Waals surface area contributed by atoms with Gasteiger partial charge in [-0.05, 0) is 38.1 Å². The number of ether oxygens (including phenoxy) is 3. The Morgan fingerprint density at radius 3 is 2.70 bits per heavy atom. The lowest BCUT2D eigenvalue weighted by molar-refractivity contribution is -0.138. The number of carbonyl (C=O) groups excluding carboxylic acids is 1. The molecule has 0 N–H and O–H groups in total. The highest BCUT2D eigenvalue weighted by Crippen LogP contribution is 2.35. The van der Waals surface area contributed by atoms with E-state index in [1.807, 2.05) is 24.0 Å². The molecule has 30 heavy (non-hydrogen) atoms. The summed E-state index contributed by atoms with van der Waals surface area (Å²) < 4.78 is 18.2. The lowest BCUT2D eigenvalue weighted by atomic mass is 10.2. The first kappa shape index (κ1) is 18.5. The van der Waals surface area contributed by atoms with E-state index in [2.05, 4.69) is 20.2 Å². The Morgan fingerprint density at radius 1 is 1.07 bits per heavy atom. The topological polar surface area (TPSA) is 94.3 Å². The van der Waals surface area contributed by atoms with Crippen molar-refractivity contribution in [2.45, 2.75) is 20.0 Å². The summed E-state index contributed by atoms with van der Waals surface area (Å²) in [7, 11) is 0. The second-order valence-corrected chi connectivity index (χ2v) is 7.30. The fourth-order valence-corrected chi connectivity index (χ4v) is 3.67. The summed E-state index contributed by atoms with van der Waals surface area (Å²) in [4.78, 5) is 16.8. The van der Waals surface area contributed by atoms with Crippen molar-refractivity contribution in [3.05, 3.63) is 36.2 Å². The zero-order valence-electron chi connectivity index (χ0n) is 16.8. The number of rotatable bonds is 4. The van der Waals surface area contributed by atoms with E-state index >= 15 is 0 Å². The van der Waals surface area contributed by atoms with Crippen LogP contribution in [0.2, 0.25) is 0 Å². The number of anilines is 1. The van der Waals surface area contributed by atoms with Crippen molar-refractivity contribution in [1.82, 2.24) is 24.7 Å². The molecule has 0 spiro atoms. The van der Waals surface area contributed by atoms with Crippen LogP contribution in [0.4, 0.5) is 5.82 Å². The van der Waals surface area contributed by atoms with Crippen LogP contribution in [-0.4, -0.2) is 69.7 Å². The summed E-state index contributed by atoms with van der Waals surface area (Å²) in [6, 6.07) is 9.16. The quantitative estimate of drug-likeness (QED) is 0.635. The second-order valence-electron chi connectivity index (χ2n) is 7.30. The molecule has 1 atom stereocenters. The molecule has 10 nitrogen and oxygen atoms in total. The third-order valence-electron chi connectivity index (χ3n) is 5.32. The Balaban J connectivity index is 1.20. The molecular formula is C20H22N6O4. The molecule has 5 rings (SSSR count). The first-order valence-electron chi connectivity index (χ1n) is 9.87. The minimum atomic E-state index is -0.592. The Morgan fingerprint density at radius 2 is 1.87 bits per heavy atom. The van der Waals surface area contributed by atoms with E-state index in [4.69, 9.17) is 14.2 Å². The minimum Gasteiger partial charge on any atom is -0.481 e. The van der Waals surface area contributed by atoms with Crippen LogP contribution in [0, 0.1) is 6.92 Å². The van der Waals surface area contributed by atoms with E-state index in [0.717, 1.165) is 17.3 Å². The molecule has 1 amide bonds. The zero-order chi connectivity index (χ0) is 20.7. The first-order chi connectivity index (χ1) is 14.6. The summed E-state index contributed by atoms with van der Waals surface area (Å²) in [5.74, 6) is 3.46. The Kier molecular flexibility index (Phi) is 4.53. The molecule has 1 fully saturated rings. The van der Waals surface area contributed by atoms with E-state index in [-0.39, 0.29) is 12.7 Å². The van der Waals surface area contributed by atoms with Gasteiger partial charge in [0.25, 0.3) is 5.91 Å². The molecule has 156 valence electrons. The summed E-state index contributed by atoms with van der Waals surface area (Å²) in [5.41, 5.74) is 0.722. The smallest absolute Gasteiger partial charge is 0.263 e. The number of carbonyl (C=O) groups is 1. The van der Waals surface area contributed by atoms with Crippen molar-refractivity contribution >= 4 is 17.4 Å². The van der Waals surface area contributed by atoms with E-state index < -0.39 is 6.10 Å². The van der Waals surface area contributed by atoms with Gasteiger partial charge < -0.3 is 24.0 Å². The normalized spacial score (nSPS) is 16.7. The van der Waals surface area contributed by atoms with Gasteiger partial charge in [0.05, 0.1) is 0 Å². The highest BCUT2D eigenvalue weighted by atomic mass is 16.7. The number of aryl methyl sites for hydroxylation is 1.